The molecule has 1 aliphatic rings. The van der Waals surface area contributed by atoms with Crippen LogP contribution >= 0.6 is 11.3 Å². The lowest BCUT2D eigenvalue weighted by Crippen LogP contribution is -2.45. The van der Waals surface area contributed by atoms with Crippen LogP contribution in [0.2, 0.25) is 0 Å². The van der Waals surface area contributed by atoms with Crippen molar-refractivity contribution in [1.82, 2.24) is 5.34 Å². The highest BCUT2D eigenvalue weighted by molar-refractivity contribution is 7.13. The molecule has 0 radical (unpaired) electrons. The van der Waals surface area contributed by atoms with Crippen molar-refractivity contribution in [3.63, 3.8) is 0 Å². The minimum atomic E-state index is -0.619. The van der Waals surface area contributed by atoms with Gasteiger partial charge in [-0.3, -0.25) is 0 Å². The van der Waals surface area contributed by atoms with Crippen LogP contribution in [0.15, 0.2) is 16.5 Å². The fourth-order valence-corrected chi connectivity index (χ4v) is 1.69. The Morgan fingerprint density at radius 3 is 3.40 bits per heavy atom. The van der Waals surface area contributed by atoms with Crippen molar-refractivity contribution in [2.24, 2.45) is 5.10 Å². The van der Waals surface area contributed by atoms with Crippen molar-refractivity contribution < 1.29 is 5.02 Å². The van der Waals surface area contributed by atoms with Gasteiger partial charge in [0.1, 0.15) is 0 Å². The number of nitrogens with zero attached hydrogens (tertiary/aromatic N) is 1. The molecule has 2 rings (SSSR count). The lowest BCUT2D eigenvalue weighted by molar-refractivity contribution is 0.565. The van der Waals surface area contributed by atoms with E-state index in [0.29, 0.717) is 0 Å². The number of hydrogen-bond acceptors (Lipinski definition) is 4. The molecule has 1 aromatic heterocycles. The lowest BCUT2D eigenvalue weighted by atomic mass is 9.75. The summed E-state index contributed by atoms with van der Waals surface area (Å²) in [6.45, 7) is 0. The Morgan fingerprint density at radius 2 is 2.60 bits per heavy atom. The lowest BCUT2D eigenvalue weighted by Gasteiger charge is -2.08. The average Bonchev–Trinajstić information content (AvgIpc) is 2.36. The van der Waals surface area contributed by atoms with Crippen LogP contribution in [0, 0.1) is 0 Å². The Bertz CT molecular complexity index is 272. The molecule has 1 aromatic rings. The fraction of sp³-hybridized carbons (Fsp3) is 0. The van der Waals surface area contributed by atoms with Crippen molar-refractivity contribution >= 4 is 30.1 Å². The van der Waals surface area contributed by atoms with Gasteiger partial charge in [0, 0.05) is 4.88 Å². The third-order valence-corrected chi connectivity index (χ3v) is 2.27. The summed E-state index contributed by atoms with van der Waals surface area (Å²) >= 11 is 1.58. The molecule has 0 amide bonds. The van der Waals surface area contributed by atoms with Crippen LogP contribution in [0.5, 0.6) is 0 Å². The molecule has 0 fully saturated rings. The van der Waals surface area contributed by atoms with E-state index in [4.69, 9.17) is 0 Å². The zero-order chi connectivity index (χ0) is 6.97. The van der Waals surface area contributed by atoms with E-state index in [1.807, 2.05) is 11.4 Å². The van der Waals surface area contributed by atoms with Crippen LogP contribution < -0.4 is 10.8 Å². The van der Waals surface area contributed by atoms with E-state index in [9.17, 15) is 5.02 Å². The van der Waals surface area contributed by atoms with Gasteiger partial charge in [-0.2, -0.15) is 5.10 Å². The summed E-state index contributed by atoms with van der Waals surface area (Å²) in [5, 5.41) is 17.5. The van der Waals surface area contributed by atoms with Gasteiger partial charge in [0.15, 0.2) is 0 Å². The van der Waals surface area contributed by atoms with Gasteiger partial charge in [-0.1, -0.05) is 6.07 Å². The third-order valence-electron chi connectivity index (χ3n) is 1.40. The number of hydrazone groups is 1. The van der Waals surface area contributed by atoms with Crippen molar-refractivity contribution in [3.05, 3.63) is 16.3 Å². The van der Waals surface area contributed by atoms with E-state index in [0.717, 1.165) is 10.3 Å². The maximum Gasteiger partial charge on any atom is 0.464 e. The van der Waals surface area contributed by atoms with Gasteiger partial charge in [0.25, 0.3) is 0 Å². The minimum Gasteiger partial charge on any atom is -0.428 e. The van der Waals surface area contributed by atoms with Crippen molar-refractivity contribution in [2.75, 3.05) is 0 Å². The Labute approximate surface area is 62.5 Å². The first-order chi connectivity index (χ1) is 4.88. The molecule has 10 heavy (non-hydrogen) atoms. The number of fused-ring (bicyclic) bond motifs is 1. The molecule has 50 valence electrons. The quantitative estimate of drug-likeness (QED) is 0.486. The first-order valence-electron chi connectivity index (χ1n) is 2.92. The molecule has 0 aliphatic carbocycles. The first kappa shape index (κ1) is 5.94. The monoisotopic (exact) mass is 152 g/mol. The molecule has 0 spiro atoms. The van der Waals surface area contributed by atoms with E-state index in [2.05, 4.69) is 10.4 Å². The summed E-state index contributed by atoms with van der Waals surface area (Å²) in [7, 11) is -0.619. The molecule has 0 atom stereocenters. The molecule has 0 saturated carbocycles. The zero-order valence-corrected chi connectivity index (χ0v) is 5.93. The standard InChI is InChI=1S/C5H5BN2OS/c9-6-4-1-2-10-5(4)3-7-8-6/h1-3,8-9H. The smallest absolute Gasteiger partial charge is 0.428 e. The Balaban J connectivity index is 2.52. The summed E-state index contributed by atoms with van der Waals surface area (Å²) in [6, 6.07) is 1.89. The maximum atomic E-state index is 9.23. The molecule has 0 aromatic carbocycles. The summed E-state index contributed by atoms with van der Waals surface area (Å²) in [5.41, 5.74) is 0.917. The average molecular weight is 152 g/mol. The second kappa shape index (κ2) is 2.11. The second-order valence-corrected chi connectivity index (χ2v) is 2.98. The van der Waals surface area contributed by atoms with Crippen LogP contribution in [0.25, 0.3) is 0 Å². The molecule has 0 bridgehead atoms. The van der Waals surface area contributed by atoms with E-state index >= 15 is 0 Å². The van der Waals surface area contributed by atoms with E-state index in [1.54, 1.807) is 17.6 Å². The van der Waals surface area contributed by atoms with Gasteiger partial charge in [-0.05, 0) is 10.8 Å². The molecule has 1 aliphatic heterocycles. The van der Waals surface area contributed by atoms with E-state index < -0.39 is 7.05 Å². The number of hydrogen-bond donors (Lipinski definition) is 2. The molecular formula is C5H5BN2OS. The number of nitrogens with one attached hydrogen (secondary N) is 1. The van der Waals surface area contributed by atoms with Crippen LogP contribution in [0.3, 0.4) is 0 Å². The Hall–Kier alpha value is -0.805. The van der Waals surface area contributed by atoms with Gasteiger partial charge in [-0.25, -0.2) is 0 Å². The summed E-state index contributed by atoms with van der Waals surface area (Å²) in [6.07, 6.45) is 1.72. The molecule has 0 unspecified atom stereocenters. The summed E-state index contributed by atoms with van der Waals surface area (Å²) in [5.74, 6) is 0. The van der Waals surface area contributed by atoms with Gasteiger partial charge >= 0.3 is 7.05 Å². The zero-order valence-electron chi connectivity index (χ0n) is 5.11. The summed E-state index contributed by atoms with van der Waals surface area (Å²) < 4.78 is 0. The highest BCUT2D eigenvalue weighted by atomic mass is 32.1. The van der Waals surface area contributed by atoms with Crippen molar-refractivity contribution in [1.29, 1.82) is 0 Å². The van der Waals surface area contributed by atoms with Crippen LogP contribution in [-0.2, 0) is 0 Å². The maximum absolute atomic E-state index is 9.23. The minimum absolute atomic E-state index is 0.619. The SMILES string of the molecule is OB1NN=Cc2sccc21. The molecule has 0 saturated heterocycles. The van der Waals surface area contributed by atoms with E-state index in [1.165, 1.54) is 0 Å². The molecule has 2 heterocycles. The Morgan fingerprint density at radius 1 is 1.70 bits per heavy atom. The topological polar surface area (TPSA) is 44.6 Å². The molecule has 2 N–H and O–H groups in total. The van der Waals surface area contributed by atoms with E-state index in [-0.39, 0.29) is 0 Å². The van der Waals surface area contributed by atoms with Gasteiger partial charge < -0.3 is 10.4 Å². The third kappa shape index (κ3) is 0.749. The van der Waals surface area contributed by atoms with Crippen molar-refractivity contribution in [3.8, 4) is 0 Å². The van der Waals surface area contributed by atoms with Crippen LogP contribution in [-0.4, -0.2) is 18.3 Å². The molecule has 5 heteroatoms. The van der Waals surface area contributed by atoms with Crippen molar-refractivity contribution in [2.45, 2.75) is 0 Å². The van der Waals surface area contributed by atoms with Crippen LogP contribution in [0.4, 0.5) is 0 Å². The largest absolute Gasteiger partial charge is 0.464 e. The molecule has 3 nitrogen and oxygen atoms in total. The number of rotatable bonds is 0. The predicted molar refractivity (Wildman–Crippen MR) is 42.7 cm³/mol. The Kier molecular flexibility index (Phi) is 1.25. The second-order valence-electron chi connectivity index (χ2n) is 2.03. The summed E-state index contributed by atoms with van der Waals surface area (Å²) in [4.78, 5) is 1.03. The number of thiophene rings is 1. The highest BCUT2D eigenvalue weighted by Gasteiger charge is 2.21. The predicted octanol–water partition coefficient (Wildman–Crippen LogP) is -0.627. The van der Waals surface area contributed by atoms with Crippen LogP contribution in [0.1, 0.15) is 4.88 Å². The van der Waals surface area contributed by atoms with Gasteiger partial charge in [0.2, 0.25) is 0 Å². The first-order valence-corrected chi connectivity index (χ1v) is 3.80. The fourth-order valence-electron chi connectivity index (χ4n) is 0.898. The van der Waals surface area contributed by atoms with Gasteiger partial charge in [-0.15, -0.1) is 11.3 Å². The normalized spacial score (nSPS) is 14.7. The molecular weight excluding hydrogens is 147 g/mol. The highest BCUT2D eigenvalue weighted by Crippen LogP contribution is 2.05. The van der Waals surface area contributed by atoms with Gasteiger partial charge in [0.05, 0.1) is 6.21 Å².